The number of methoxy groups -OCH3 is 1. The van der Waals surface area contributed by atoms with Crippen LogP contribution in [0.5, 0.6) is 11.5 Å². The molecule has 0 spiro atoms. The fraction of sp³-hybridized carbons (Fsp3) is 0.120. The number of nitrogens with one attached hydrogen (secondary N) is 2. The van der Waals surface area contributed by atoms with Crippen molar-refractivity contribution in [2.75, 3.05) is 17.7 Å². The van der Waals surface area contributed by atoms with Crippen LogP contribution < -0.4 is 20.1 Å². The van der Waals surface area contributed by atoms with Crippen LogP contribution in [0.3, 0.4) is 0 Å². The van der Waals surface area contributed by atoms with E-state index in [1.54, 1.807) is 55.6 Å². The number of hydrogen-bond acceptors (Lipinski definition) is 7. The molecule has 4 aromatic rings. The normalized spacial score (nSPS) is 10.4. The van der Waals surface area contributed by atoms with Gasteiger partial charge in [-0.3, -0.25) is 9.59 Å². The molecule has 0 unspecified atom stereocenters. The summed E-state index contributed by atoms with van der Waals surface area (Å²) in [6.45, 7) is 2.22. The Bertz CT molecular complexity index is 1300. The van der Waals surface area contributed by atoms with E-state index in [9.17, 15) is 9.59 Å². The van der Waals surface area contributed by atoms with E-state index in [2.05, 4.69) is 20.8 Å². The molecule has 1 aromatic heterocycles. The summed E-state index contributed by atoms with van der Waals surface area (Å²) in [5.74, 6) is 0.635. The molecular formula is C25H22N4O4S. The lowest BCUT2D eigenvalue weighted by atomic mass is 10.1. The van der Waals surface area contributed by atoms with Crippen LogP contribution >= 0.6 is 11.3 Å². The Labute approximate surface area is 200 Å². The van der Waals surface area contributed by atoms with Gasteiger partial charge in [0.2, 0.25) is 5.01 Å². The number of nitrogens with zero attached hydrogens (tertiary/aromatic N) is 2. The highest BCUT2D eigenvalue weighted by molar-refractivity contribution is 7.13. The first-order valence-electron chi connectivity index (χ1n) is 10.4. The molecule has 8 nitrogen and oxygen atoms in total. The van der Waals surface area contributed by atoms with Crippen LogP contribution in [0.15, 0.2) is 72.8 Å². The first-order valence-corrected chi connectivity index (χ1v) is 11.2. The lowest BCUT2D eigenvalue weighted by molar-refractivity contribution is 0.101. The number of anilines is 2. The summed E-state index contributed by atoms with van der Waals surface area (Å²) >= 11 is 1.15. The number of aromatic nitrogens is 2. The van der Waals surface area contributed by atoms with Crippen molar-refractivity contribution in [2.24, 2.45) is 0 Å². The maximum atomic E-state index is 12.6. The topological polar surface area (TPSA) is 102 Å². The van der Waals surface area contributed by atoms with Gasteiger partial charge in [-0.15, -0.1) is 10.2 Å². The minimum atomic E-state index is -0.413. The molecule has 3 aromatic carbocycles. The molecule has 9 heteroatoms. The Morgan fingerprint density at radius 2 is 1.56 bits per heavy atom. The fourth-order valence-electron chi connectivity index (χ4n) is 3.01. The predicted molar refractivity (Wildman–Crippen MR) is 131 cm³/mol. The number of rotatable bonds is 8. The second-order valence-corrected chi connectivity index (χ2v) is 8.39. The molecule has 0 bridgehead atoms. The maximum Gasteiger partial charge on any atom is 0.286 e. The maximum absolute atomic E-state index is 12.6. The molecule has 4 rings (SSSR count). The molecule has 2 N–H and O–H groups in total. The van der Waals surface area contributed by atoms with Gasteiger partial charge in [-0.1, -0.05) is 41.2 Å². The van der Waals surface area contributed by atoms with Crippen molar-refractivity contribution in [1.29, 1.82) is 0 Å². The minimum Gasteiger partial charge on any atom is -0.497 e. The average Bonchev–Trinajstić information content (AvgIpc) is 3.33. The van der Waals surface area contributed by atoms with Crippen molar-refractivity contribution < 1.29 is 19.1 Å². The van der Waals surface area contributed by atoms with Crippen molar-refractivity contribution >= 4 is 34.5 Å². The number of aryl methyl sites for hydroxylation is 1. The summed E-state index contributed by atoms with van der Waals surface area (Å²) in [4.78, 5) is 25.3. The lowest BCUT2D eigenvalue weighted by Crippen LogP contribution is -2.14. The smallest absolute Gasteiger partial charge is 0.286 e. The summed E-state index contributed by atoms with van der Waals surface area (Å²) in [5.41, 5.74) is 2.61. The second-order valence-electron chi connectivity index (χ2n) is 7.32. The van der Waals surface area contributed by atoms with Crippen LogP contribution in [0.25, 0.3) is 0 Å². The minimum absolute atomic E-state index is 0.203. The van der Waals surface area contributed by atoms with E-state index in [0.717, 1.165) is 22.6 Å². The summed E-state index contributed by atoms with van der Waals surface area (Å²) in [7, 11) is 1.56. The fourth-order valence-corrected chi connectivity index (χ4v) is 3.66. The molecule has 0 radical (unpaired) electrons. The highest BCUT2D eigenvalue weighted by atomic mass is 32.1. The number of benzene rings is 3. The van der Waals surface area contributed by atoms with Gasteiger partial charge in [0.1, 0.15) is 18.1 Å². The standard InChI is InChI=1S/C25H22N4O4S/c1-16-9-11-20(12-10-16)33-15-22-28-29-25(34-22)24(31)27-18-6-3-5-17(13-18)23(30)26-19-7-4-8-21(14-19)32-2/h3-14H,15H2,1-2H3,(H,26,30)(H,27,31). The van der Waals surface area contributed by atoms with E-state index in [-0.39, 0.29) is 17.5 Å². The number of hydrogen-bond donors (Lipinski definition) is 2. The van der Waals surface area contributed by atoms with Crippen LogP contribution in [0.4, 0.5) is 11.4 Å². The summed E-state index contributed by atoms with van der Waals surface area (Å²) in [5, 5.41) is 14.3. The van der Waals surface area contributed by atoms with Gasteiger partial charge >= 0.3 is 0 Å². The van der Waals surface area contributed by atoms with Gasteiger partial charge in [0.25, 0.3) is 11.8 Å². The highest BCUT2D eigenvalue weighted by Crippen LogP contribution is 2.20. The van der Waals surface area contributed by atoms with E-state index in [0.29, 0.717) is 27.7 Å². The van der Waals surface area contributed by atoms with Gasteiger partial charge in [-0.2, -0.15) is 0 Å². The third-order valence-electron chi connectivity index (χ3n) is 4.75. The van der Waals surface area contributed by atoms with Crippen molar-refractivity contribution in [3.8, 4) is 11.5 Å². The monoisotopic (exact) mass is 474 g/mol. The average molecular weight is 475 g/mol. The van der Waals surface area contributed by atoms with E-state index in [1.807, 2.05) is 31.2 Å². The first kappa shape index (κ1) is 22.9. The zero-order valence-electron chi connectivity index (χ0n) is 18.6. The largest absolute Gasteiger partial charge is 0.497 e. The molecule has 0 aliphatic heterocycles. The van der Waals surface area contributed by atoms with Crippen molar-refractivity contribution in [3.63, 3.8) is 0 Å². The van der Waals surface area contributed by atoms with Crippen molar-refractivity contribution in [3.05, 3.63) is 93.9 Å². The molecule has 34 heavy (non-hydrogen) atoms. The van der Waals surface area contributed by atoms with E-state index in [4.69, 9.17) is 9.47 Å². The summed E-state index contributed by atoms with van der Waals surface area (Å²) in [6.07, 6.45) is 0. The van der Waals surface area contributed by atoms with Gasteiger partial charge in [-0.05, 0) is 49.4 Å². The van der Waals surface area contributed by atoms with E-state index < -0.39 is 5.91 Å². The predicted octanol–water partition coefficient (Wildman–Crippen LogP) is 4.94. The molecule has 0 saturated heterocycles. The van der Waals surface area contributed by atoms with Crippen LogP contribution in [-0.4, -0.2) is 29.1 Å². The molecule has 2 amide bonds. The number of amides is 2. The Kier molecular flexibility index (Phi) is 7.14. The molecule has 0 aliphatic carbocycles. The van der Waals surface area contributed by atoms with Crippen LogP contribution in [-0.2, 0) is 6.61 Å². The third kappa shape index (κ3) is 5.96. The Balaban J connectivity index is 1.36. The van der Waals surface area contributed by atoms with Crippen LogP contribution in [0.2, 0.25) is 0 Å². The van der Waals surface area contributed by atoms with Gasteiger partial charge < -0.3 is 20.1 Å². The number of ether oxygens (including phenoxy) is 2. The van der Waals surface area contributed by atoms with E-state index >= 15 is 0 Å². The van der Waals surface area contributed by atoms with Crippen molar-refractivity contribution in [2.45, 2.75) is 13.5 Å². The highest BCUT2D eigenvalue weighted by Gasteiger charge is 2.15. The van der Waals surface area contributed by atoms with Crippen LogP contribution in [0, 0.1) is 6.92 Å². The molecule has 0 aliphatic rings. The second kappa shape index (κ2) is 10.6. The third-order valence-corrected chi connectivity index (χ3v) is 5.65. The number of carbonyl (C=O) groups is 2. The summed E-state index contributed by atoms with van der Waals surface area (Å²) < 4.78 is 10.9. The first-order chi connectivity index (χ1) is 16.5. The molecule has 172 valence electrons. The van der Waals surface area contributed by atoms with Gasteiger partial charge in [0.15, 0.2) is 5.01 Å². The van der Waals surface area contributed by atoms with Gasteiger partial charge in [0.05, 0.1) is 7.11 Å². The van der Waals surface area contributed by atoms with Crippen molar-refractivity contribution in [1.82, 2.24) is 10.2 Å². The zero-order chi connectivity index (χ0) is 23.9. The number of carbonyl (C=O) groups excluding carboxylic acids is 2. The summed E-state index contributed by atoms with van der Waals surface area (Å²) in [6, 6.07) is 21.4. The van der Waals surface area contributed by atoms with Gasteiger partial charge in [-0.25, -0.2) is 0 Å². The van der Waals surface area contributed by atoms with E-state index in [1.165, 1.54) is 0 Å². The van der Waals surface area contributed by atoms with Crippen LogP contribution in [0.1, 0.15) is 30.7 Å². The Hall–Kier alpha value is -4.24. The molecule has 0 fully saturated rings. The Morgan fingerprint density at radius 3 is 2.32 bits per heavy atom. The molecule has 0 saturated carbocycles. The zero-order valence-corrected chi connectivity index (χ0v) is 19.4. The van der Waals surface area contributed by atoms with Gasteiger partial charge in [0, 0.05) is 23.0 Å². The quantitative estimate of drug-likeness (QED) is 0.375. The Morgan fingerprint density at radius 1 is 0.853 bits per heavy atom. The molecule has 1 heterocycles. The molecule has 0 atom stereocenters. The SMILES string of the molecule is COc1cccc(NC(=O)c2cccc(NC(=O)c3nnc(COc4ccc(C)cc4)s3)c2)c1. The molecular weight excluding hydrogens is 452 g/mol. The lowest BCUT2D eigenvalue weighted by Gasteiger charge is -2.08.